The Hall–Kier alpha value is -2.48. The van der Waals surface area contributed by atoms with Crippen molar-refractivity contribution >= 4 is 27.5 Å². The van der Waals surface area contributed by atoms with Crippen LogP contribution in [0, 0.1) is 19.8 Å². The number of nitrogens with one attached hydrogen (secondary N) is 1. The number of thiophene rings is 1. The molecule has 8 heteroatoms. The van der Waals surface area contributed by atoms with Gasteiger partial charge in [-0.3, -0.25) is 19.7 Å². The van der Waals surface area contributed by atoms with E-state index in [0.29, 0.717) is 17.1 Å². The van der Waals surface area contributed by atoms with Gasteiger partial charge in [0.15, 0.2) is 0 Å². The molecular formula is C19H23N5O2S. The smallest absolute Gasteiger partial charge is 0.271 e. The molecule has 0 spiro atoms. The van der Waals surface area contributed by atoms with Crippen molar-refractivity contribution < 1.29 is 4.79 Å². The van der Waals surface area contributed by atoms with Gasteiger partial charge in [0.25, 0.3) is 11.5 Å². The number of hydrogen-bond donors (Lipinski definition) is 1. The Labute approximate surface area is 161 Å². The van der Waals surface area contributed by atoms with Crippen LogP contribution in [0.25, 0.3) is 10.2 Å². The molecule has 142 valence electrons. The van der Waals surface area contributed by atoms with E-state index in [4.69, 9.17) is 0 Å². The van der Waals surface area contributed by atoms with Gasteiger partial charge >= 0.3 is 0 Å². The minimum Gasteiger partial charge on any atom is -0.271 e. The quantitative estimate of drug-likeness (QED) is 0.752. The van der Waals surface area contributed by atoms with E-state index in [9.17, 15) is 9.59 Å². The second-order valence-electron chi connectivity index (χ2n) is 7.40. The molecule has 0 unspecified atom stereocenters. The zero-order valence-corrected chi connectivity index (χ0v) is 16.8. The summed E-state index contributed by atoms with van der Waals surface area (Å²) in [4.78, 5) is 32.5. The number of hydrogen-bond acceptors (Lipinski definition) is 5. The van der Waals surface area contributed by atoms with Crippen molar-refractivity contribution in [2.75, 3.05) is 5.43 Å². The van der Waals surface area contributed by atoms with E-state index < -0.39 is 6.04 Å². The predicted octanol–water partition coefficient (Wildman–Crippen LogP) is 2.73. The van der Waals surface area contributed by atoms with Gasteiger partial charge in [-0.25, -0.2) is 9.66 Å². The second-order valence-corrected chi connectivity index (χ2v) is 8.48. The van der Waals surface area contributed by atoms with Crippen molar-refractivity contribution in [1.29, 1.82) is 0 Å². The average molecular weight is 385 g/mol. The first-order valence-electron chi connectivity index (χ1n) is 9.21. The van der Waals surface area contributed by atoms with Gasteiger partial charge in [0.1, 0.15) is 16.7 Å². The van der Waals surface area contributed by atoms with Crippen LogP contribution >= 0.6 is 11.3 Å². The summed E-state index contributed by atoms with van der Waals surface area (Å²) in [5, 5.41) is 4.85. The fourth-order valence-electron chi connectivity index (χ4n) is 3.72. The molecule has 3 aromatic heterocycles. The molecule has 3 aromatic rings. The van der Waals surface area contributed by atoms with Crippen LogP contribution in [0.4, 0.5) is 0 Å². The first-order chi connectivity index (χ1) is 12.9. The van der Waals surface area contributed by atoms with Crippen LogP contribution < -0.4 is 11.0 Å². The fourth-order valence-corrected chi connectivity index (χ4v) is 5.14. The van der Waals surface area contributed by atoms with Crippen molar-refractivity contribution in [3.8, 4) is 0 Å². The Morgan fingerprint density at radius 2 is 2.19 bits per heavy atom. The van der Waals surface area contributed by atoms with Crippen LogP contribution in [0.1, 0.15) is 48.3 Å². The molecule has 0 fully saturated rings. The summed E-state index contributed by atoms with van der Waals surface area (Å²) in [6.45, 7) is 7.63. The predicted molar refractivity (Wildman–Crippen MR) is 106 cm³/mol. The zero-order valence-electron chi connectivity index (χ0n) is 15.9. The first-order valence-corrected chi connectivity index (χ1v) is 10.0. The second kappa shape index (κ2) is 6.60. The molecule has 3 heterocycles. The van der Waals surface area contributed by atoms with Crippen LogP contribution in [0.2, 0.25) is 0 Å². The minimum absolute atomic E-state index is 0.192. The molecule has 4 rings (SSSR count). The average Bonchev–Trinajstić information content (AvgIpc) is 3.20. The standard InChI is InChI=1S/C19H23N5O2S/c1-10-5-6-14-15(9-10)27-18-16(14)19(26)24(13(4)21-18)22-17(25)12(3)23-11(2)7-8-20-23/h7-8,10,12H,5-6,9H2,1-4H3,(H,22,25)/t10-,12-/m1/s1. The monoisotopic (exact) mass is 385 g/mol. The highest BCUT2D eigenvalue weighted by Gasteiger charge is 2.25. The molecule has 0 aliphatic heterocycles. The highest BCUT2D eigenvalue weighted by atomic mass is 32.1. The van der Waals surface area contributed by atoms with Crippen molar-refractivity contribution in [2.45, 2.75) is 53.0 Å². The topological polar surface area (TPSA) is 81.8 Å². The van der Waals surface area contributed by atoms with Gasteiger partial charge in [0, 0.05) is 16.8 Å². The summed E-state index contributed by atoms with van der Waals surface area (Å²) in [6.07, 6.45) is 4.63. The Morgan fingerprint density at radius 3 is 2.89 bits per heavy atom. The molecule has 7 nitrogen and oxygen atoms in total. The molecule has 1 amide bonds. The molecule has 1 aliphatic rings. The lowest BCUT2D eigenvalue weighted by molar-refractivity contribution is -0.120. The third kappa shape index (κ3) is 2.97. The van der Waals surface area contributed by atoms with Crippen LogP contribution in [0.15, 0.2) is 17.1 Å². The normalized spacial score (nSPS) is 17.7. The summed E-state index contributed by atoms with van der Waals surface area (Å²) in [5.41, 5.74) is 4.55. The Bertz CT molecular complexity index is 1090. The van der Waals surface area contributed by atoms with E-state index in [0.717, 1.165) is 35.4 Å². The van der Waals surface area contributed by atoms with Crippen LogP contribution in [0.5, 0.6) is 0 Å². The molecule has 0 radical (unpaired) electrons. The van der Waals surface area contributed by atoms with Crippen molar-refractivity contribution in [3.05, 3.63) is 44.6 Å². The maximum atomic E-state index is 13.2. The number of amides is 1. The molecule has 0 aromatic carbocycles. The summed E-state index contributed by atoms with van der Waals surface area (Å²) in [6, 6.07) is 1.31. The first kappa shape index (κ1) is 17.9. The fraction of sp³-hybridized carbons (Fsp3) is 0.474. The van der Waals surface area contributed by atoms with Gasteiger partial charge in [0.2, 0.25) is 0 Å². The number of aryl methyl sites for hydroxylation is 3. The SMILES string of the molecule is Cc1ccnn1[C@H](C)C(=O)Nn1c(C)nc2sc3c(c2c1=O)CC[C@@H](C)C3. The Morgan fingerprint density at radius 1 is 1.41 bits per heavy atom. The van der Waals surface area contributed by atoms with Gasteiger partial charge in [0.05, 0.1) is 5.39 Å². The number of aromatic nitrogens is 4. The minimum atomic E-state index is -0.528. The lowest BCUT2D eigenvalue weighted by atomic mass is 9.89. The van der Waals surface area contributed by atoms with E-state index in [1.54, 1.807) is 36.1 Å². The van der Waals surface area contributed by atoms with Gasteiger partial charge in [-0.05, 0) is 57.6 Å². The van der Waals surface area contributed by atoms with Crippen LogP contribution in [0.3, 0.4) is 0 Å². The molecule has 0 saturated heterocycles. The number of rotatable bonds is 3. The molecule has 0 bridgehead atoms. The van der Waals surface area contributed by atoms with E-state index in [2.05, 4.69) is 22.4 Å². The number of carbonyl (C=O) groups is 1. The molecule has 1 aliphatic carbocycles. The number of nitrogens with zero attached hydrogens (tertiary/aromatic N) is 4. The maximum Gasteiger partial charge on any atom is 0.281 e. The largest absolute Gasteiger partial charge is 0.281 e. The van der Waals surface area contributed by atoms with Crippen LogP contribution in [-0.4, -0.2) is 25.3 Å². The Balaban J connectivity index is 1.73. The lowest BCUT2D eigenvalue weighted by Gasteiger charge is -2.18. The summed E-state index contributed by atoms with van der Waals surface area (Å²) >= 11 is 1.61. The summed E-state index contributed by atoms with van der Waals surface area (Å²) in [5.74, 6) is 0.814. The highest BCUT2D eigenvalue weighted by Crippen LogP contribution is 2.35. The summed E-state index contributed by atoms with van der Waals surface area (Å²) < 4.78 is 2.92. The van der Waals surface area contributed by atoms with Gasteiger partial charge < -0.3 is 0 Å². The highest BCUT2D eigenvalue weighted by molar-refractivity contribution is 7.18. The van der Waals surface area contributed by atoms with Gasteiger partial charge in [-0.1, -0.05) is 6.92 Å². The molecule has 27 heavy (non-hydrogen) atoms. The van der Waals surface area contributed by atoms with Gasteiger partial charge in [-0.15, -0.1) is 11.3 Å². The molecule has 2 atom stereocenters. The van der Waals surface area contributed by atoms with E-state index >= 15 is 0 Å². The van der Waals surface area contributed by atoms with Crippen molar-refractivity contribution in [3.63, 3.8) is 0 Å². The molecule has 1 N–H and O–H groups in total. The van der Waals surface area contributed by atoms with Crippen molar-refractivity contribution in [2.24, 2.45) is 5.92 Å². The number of fused-ring (bicyclic) bond motifs is 3. The van der Waals surface area contributed by atoms with Crippen molar-refractivity contribution in [1.82, 2.24) is 19.4 Å². The summed E-state index contributed by atoms with van der Waals surface area (Å²) in [7, 11) is 0. The Kier molecular flexibility index (Phi) is 4.38. The number of carbonyl (C=O) groups excluding carboxylic acids is 1. The van der Waals surface area contributed by atoms with Crippen LogP contribution in [-0.2, 0) is 17.6 Å². The van der Waals surface area contributed by atoms with E-state index in [1.807, 2.05) is 13.0 Å². The van der Waals surface area contributed by atoms with E-state index in [-0.39, 0.29) is 11.5 Å². The lowest BCUT2D eigenvalue weighted by Crippen LogP contribution is -2.39. The molecular weight excluding hydrogens is 362 g/mol. The van der Waals surface area contributed by atoms with E-state index in [1.165, 1.54) is 9.55 Å². The zero-order chi connectivity index (χ0) is 19.3. The third-order valence-electron chi connectivity index (χ3n) is 5.33. The molecule has 0 saturated carbocycles. The maximum absolute atomic E-state index is 13.2. The van der Waals surface area contributed by atoms with Gasteiger partial charge in [-0.2, -0.15) is 5.10 Å². The third-order valence-corrected chi connectivity index (χ3v) is 6.48.